The summed E-state index contributed by atoms with van der Waals surface area (Å²) < 4.78 is 34.2. The van der Waals surface area contributed by atoms with Gasteiger partial charge in [-0.05, 0) is 49.1 Å². The lowest BCUT2D eigenvalue weighted by atomic mass is 10.1. The number of benzene rings is 3. The fourth-order valence-corrected chi connectivity index (χ4v) is 4.75. The maximum Gasteiger partial charge on any atom is 0.244 e. The number of carbonyl (C=O) groups is 1. The molecular weight excluding hydrogens is 424 g/mol. The molecule has 0 aliphatic heterocycles. The van der Waals surface area contributed by atoms with Crippen LogP contribution in [0.5, 0.6) is 5.75 Å². The van der Waals surface area contributed by atoms with Gasteiger partial charge in [-0.25, -0.2) is 8.42 Å². The Labute approximate surface area is 189 Å². The Bertz CT molecular complexity index is 1160. The van der Waals surface area contributed by atoms with Crippen LogP contribution in [0.3, 0.4) is 0 Å². The van der Waals surface area contributed by atoms with Crippen molar-refractivity contribution in [2.24, 2.45) is 0 Å². The highest BCUT2D eigenvalue weighted by Gasteiger charge is 2.28. The Morgan fingerprint density at radius 3 is 2.22 bits per heavy atom. The van der Waals surface area contributed by atoms with Crippen LogP contribution in [0.2, 0.25) is 0 Å². The molecule has 0 spiro atoms. The second-order valence-corrected chi connectivity index (χ2v) is 9.40. The Morgan fingerprint density at radius 1 is 0.906 bits per heavy atom. The first-order chi connectivity index (χ1) is 15.3. The first kappa shape index (κ1) is 23.5. The van der Waals surface area contributed by atoms with Crippen molar-refractivity contribution in [2.45, 2.75) is 37.8 Å². The zero-order valence-electron chi connectivity index (χ0n) is 18.5. The zero-order valence-corrected chi connectivity index (χ0v) is 19.3. The molecule has 0 aliphatic carbocycles. The fourth-order valence-electron chi connectivity index (χ4n) is 3.30. The van der Waals surface area contributed by atoms with Crippen LogP contribution < -0.4 is 14.8 Å². The Hall–Kier alpha value is -3.16. The summed E-state index contributed by atoms with van der Waals surface area (Å²) >= 11 is 0. The van der Waals surface area contributed by atoms with Crippen molar-refractivity contribution < 1.29 is 17.9 Å². The molecule has 6 nitrogen and oxygen atoms in total. The molecule has 3 aromatic carbocycles. The van der Waals surface area contributed by atoms with Crippen LogP contribution in [0.25, 0.3) is 0 Å². The molecule has 0 aliphatic rings. The molecule has 7 heteroatoms. The first-order valence-electron chi connectivity index (χ1n) is 10.3. The van der Waals surface area contributed by atoms with Gasteiger partial charge in [0, 0.05) is 6.54 Å². The van der Waals surface area contributed by atoms with Gasteiger partial charge < -0.3 is 10.1 Å². The van der Waals surface area contributed by atoms with Gasteiger partial charge in [0.05, 0.1) is 7.11 Å². The van der Waals surface area contributed by atoms with Crippen LogP contribution in [-0.2, 0) is 27.8 Å². The third-order valence-electron chi connectivity index (χ3n) is 5.09. The second kappa shape index (κ2) is 10.4. The normalized spacial score (nSPS) is 12.2. The summed E-state index contributed by atoms with van der Waals surface area (Å²) in [5.74, 6) is -0.175. The van der Waals surface area contributed by atoms with Crippen LogP contribution >= 0.6 is 0 Å². The number of carbonyl (C=O) groups excluding carboxylic acids is 1. The number of hydrogen-bond acceptors (Lipinski definition) is 4. The van der Waals surface area contributed by atoms with E-state index < -0.39 is 22.0 Å². The second-order valence-electron chi connectivity index (χ2n) is 7.72. The number of aryl methyl sites for hydroxylation is 2. The van der Waals surface area contributed by atoms with Gasteiger partial charge in [0.2, 0.25) is 15.9 Å². The number of rotatable bonds is 9. The minimum Gasteiger partial charge on any atom is -0.495 e. The standard InChI is InChI=1S/C25H28N2O4S/c1-18-9-12-21(13-10-18)17-26-25(28)22(16-20-7-5-4-6-8-20)27-32(29,30)24-15-19(2)11-14-23(24)31-3/h4-15,22,27H,16-17H2,1-3H3,(H,26,28)/t22-/m1/s1. The van der Waals surface area contributed by atoms with E-state index >= 15 is 0 Å². The average Bonchev–Trinajstić information content (AvgIpc) is 2.78. The Morgan fingerprint density at radius 2 is 1.56 bits per heavy atom. The molecule has 3 rings (SSSR count). The monoisotopic (exact) mass is 452 g/mol. The lowest BCUT2D eigenvalue weighted by molar-refractivity contribution is -0.122. The third kappa shape index (κ3) is 6.18. The summed E-state index contributed by atoms with van der Waals surface area (Å²) in [4.78, 5) is 13.1. The highest BCUT2D eigenvalue weighted by atomic mass is 32.2. The van der Waals surface area contributed by atoms with Gasteiger partial charge in [0.15, 0.2) is 0 Å². The van der Waals surface area contributed by atoms with Crippen molar-refractivity contribution in [3.63, 3.8) is 0 Å². The molecular formula is C25H28N2O4S. The number of nitrogens with one attached hydrogen (secondary N) is 2. The molecule has 0 unspecified atom stereocenters. The van der Waals surface area contributed by atoms with Crippen LogP contribution in [0, 0.1) is 13.8 Å². The molecule has 3 aromatic rings. The molecule has 168 valence electrons. The molecule has 0 heterocycles. The van der Waals surface area contributed by atoms with Crippen molar-refractivity contribution >= 4 is 15.9 Å². The molecule has 1 amide bonds. The van der Waals surface area contributed by atoms with Crippen molar-refractivity contribution in [1.82, 2.24) is 10.0 Å². The highest BCUT2D eigenvalue weighted by Crippen LogP contribution is 2.25. The quantitative estimate of drug-likeness (QED) is 0.520. The van der Waals surface area contributed by atoms with Gasteiger partial charge in [0.25, 0.3) is 0 Å². The number of ether oxygens (including phenoxy) is 1. The summed E-state index contributed by atoms with van der Waals surface area (Å²) in [6, 6.07) is 21.0. The van der Waals surface area contributed by atoms with Crippen LogP contribution in [-0.4, -0.2) is 27.5 Å². The van der Waals surface area contributed by atoms with Gasteiger partial charge in [-0.3, -0.25) is 4.79 Å². The maximum atomic E-state index is 13.2. The van der Waals surface area contributed by atoms with Crippen molar-refractivity contribution in [2.75, 3.05) is 7.11 Å². The molecule has 0 aromatic heterocycles. The lowest BCUT2D eigenvalue weighted by Gasteiger charge is -2.20. The Balaban J connectivity index is 1.84. The number of sulfonamides is 1. The van der Waals surface area contributed by atoms with E-state index in [1.807, 2.05) is 61.5 Å². The number of amides is 1. The molecule has 0 radical (unpaired) electrons. The predicted octanol–water partition coefficient (Wildman–Crippen LogP) is 3.52. The smallest absolute Gasteiger partial charge is 0.244 e. The molecule has 0 bridgehead atoms. The summed E-state index contributed by atoms with van der Waals surface area (Å²) in [6.45, 7) is 4.10. The predicted molar refractivity (Wildman–Crippen MR) is 125 cm³/mol. The Kier molecular flexibility index (Phi) is 7.66. The third-order valence-corrected chi connectivity index (χ3v) is 6.59. The summed E-state index contributed by atoms with van der Waals surface area (Å²) in [6.07, 6.45) is 0.216. The molecule has 32 heavy (non-hydrogen) atoms. The van der Waals surface area contributed by atoms with E-state index in [0.29, 0.717) is 6.54 Å². The minimum atomic E-state index is -4.01. The molecule has 0 saturated heterocycles. The van der Waals surface area contributed by atoms with E-state index in [9.17, 15) is 13.2 Å². The SMILES string of the molecule is COc1ccc(C)cc1S(=O)(=O)N[C@H](Cc1ccccc1)C(=O)NCc1ccc(C)cc1. The van der Waals surface area contributed by atoms with E-state index in [1.54, 1.807) is 19.1 Å². The van der Waals surface area contributed by atoms with E-state index in [4.69, 9.17) is 4.74 Å². The van der Waals surface area contributed by atoms with Crippen LogP contribution in [0.1, 0.15) is 22.3 Å². The van der Waals surface area contributed by atoms with Crippen molar-refractivity contribution in [1.29, 1.82) is 0 Å². The average molecular weight is 453 g/mol. The van der Waals surface area contributed by atoms with Gasteiger partial charge >= 0.3 is 0 Å². The van der Waals surface area contributed by atoms with E-state index in [2.05, 4.69) is 10.0 Å². The van der Waals surface area contributed by atoms with E-state index in [1.165, 1.54) is 13.2 Å². The number of methoxy groups -OCH3 is 1. The maximum absolute atomic E-state index is 13.2. The van der Waals surface area contributed by atoms with Crippen LogP contribution in [0.15, 0.2) is 77.7 Å². The summed E-state index contributed by atoms with van der Waals surface area (Å²) in [5, 5.41) is 2.86. The molecule has 0 fully saturated rings. The molecule has 2 N–H and O–H groups in total. The summed E-state index contributed by atoms with van der Waals surface area (Å²) in [7, 11) is -2.60. The molecule has 0 saturated carbocycles. The zero-order chi connectivity index (χ0) is 23.1. The van der Waals surface area contributed by atoms with Gasteiger partial charge in [-0.2, -0.15) is 4.72 Å². The largest absolute Gasteiger partial charge is 0.495 e. The van der Waals surface area contributed by atoms with Gasteiger partial charge in [-0.1, -0.05) is 66.2 Å². The van der Waals surface area contributed by atoms with Crippen molar-refractivity contribution in [3.05, 3.63) is 95.1 Å². The first-order valence-corrected chi connectivity index (χ1v) is 11.8. The number of hydrogen-bond donors (Lipinski definition) is 2. The highest BCUT2D eigenvalue weighted by molar-refractivity contribution is 7.89. The van der Waals surface area contributed by atoms with E-state index in [-0.39, 0.29) is 17.1 Å². The fraction of sp³-hybridized carbons (Fsp3) is 0.240. The van der Waals surface area contributed by atoms with Gasteiger partial charge in [0.1, 0.15) is 16.7 Å². The topological polar surface area (TPSA) is 84.5 Å². The van der Waals surface area contributed by atoms with E-state index in [0.717, 1.165) is 22.3 Å². The van der Waals surface area contributed by atoms with Crippen LogP contribution in [0.4, 0.5) is 0 Å². The minimum absolute atomic E-state index is 0.00407. The van der Waals surface area contributed by atoms with Crippen molar-refractivity contribution in [3.8, 4) is 5.75 Å². The summed E-state index contributed by atoms with van der Waals surface area (Å²) in [5.41, 5.74) is 3.68. The molecule has 1 atom stereocenters. The van der Waals surface area contributed by atoms with Gasteiger partial charge in [-0.15, -0.1) is 0 Å². The lowest BCUT2D eigenvalue weighted by Crippen LogP contribution is -2.47.